The summed E-state index contributed by atoms with van der Waals surface area (Å²) in [5, 5.41) is 18.9. The lowest BCUT2D eigenvalue weighted by Gasteiger charge is -2.34. The number of nitrogens with one attached hydrogen (secondary N) is 1. The monoisotopic (exact) mass is 224 g/mol. The first-order valence-corrected chi connectivity index (χ1v) is 5.48. The zero-order valence-electron chi connectivity index (χ0n) is 9.23. The molecule has 1 aromatic rings. The number of carboxylic acid groups (broad SMARTS) is 1. The lowest BCUT2D eigenvalue weighted by atomic mass is 9.70. The second-order valence-electron chi connectivity index (χ2n) is 4.49. The molecule has 0 saturated heterocycles. The first-order chi connectivity index (χ1) is 7.56. The van der Waals surface area contributed by atoms with Crippen LogP contribution in [0.1, 0.15) is 37.1 Å². The average Bonchev–Trinajstić information content (AvgIpc) is 2.66. The van der Waals surface area contributed by atoms with Crippen molar-refractivity contribution < 1.29 is 15.0 Å². The summed E-state index contributed by atoms with van der Waals surface area (Å²) < 4.78 is 0. The molecule has 0 spiro atoms. The molecule has 0 bridgehead atoms. The molecule has 0 atom stereocenters. The molecule has 16 heavy (non-hydrogen) atoms. The van der Waals surface area contributed by atoms with Gasteiger partial charge in [-0.05, 0) is 32.6 Å². The number of carboxylic acids is 1. The van der Waals surface area contributed by atoms with Crippen LogP contribution < -0.4 is 0 Å². The third-order valence-corrected chi connectivity index (χ3v) is 3.50. The minimum atomic E-state index is -0.913. The Kier molecular flexibility index (Phi) is 2.71. The Morgan fingerprint density at radius 2 is 2.19 bits per heavy atom. The summed E-state index contributed by atoms with van der Waals surface area (Å²) in [6.07, 6.45) is 3.12. The number of rotatable bonds is 2. The van der Waals surface area contributed by atoms with Gasteiger partial charge < -0.3 is 15.2 Å². The Bertz CT molecular complexity index is 392. The van der Waals surface area contributed by atoms with Crippen molar-refractivity contribution in [1.82, 2.24) is 9.97 Å². The van der Waals surface area contributed by atoms with Crippen LogP contribution in [0.15, 0.2) is 6.33 Å². The number of aryl methyl sites for hydroxylation is 1. The van der Waals surface area contributed by atoms with E-state index in [0.29, 0.717) is 31.4 Å². The number of hydrogen-bond donors (Lipinski definition) is 3. The van der Waals surface area contributed by atoms with Gasteiger partial charge in [0.1, 0.15) is 5.41 Å². The lowest BCUT2D eigenvalue weighted by molar-refractivity contribution is -0.146. The molecular weight excluding hydrogens is 208 g/mol. The molecule has 0 amide bonds. The molecule has 1 heterocycles. The molecule has 0 aromatic carbocycles. The third-order valence-electron chi connectivity index (χ3n) is 3.50. The van der Waals surface area contributed by atoms with E-state index in [1.54, 1.807) is 0 Å². The zero-order valence-corrected chi connectivity index (χ0v) is 9.23. The fraction of sp³-hybridized carbons (Fsp3) is 0.636. The van der Waals surface area contributed by atoms with Crippen molar-refractivity contribution in [2.24, 2.45) is 0 Å². The molecule has 2 rings (SSSR count). The van der Waals surface area contributed by atoms with Crippen LogP contribution in [-0.4, -0.2) is 32.3 Å². The normalized spacial score (nSPS) is 30.2. The number of H-pyrrole nitrogens is 1. The lowest BCUT2D eigenvalue weighted by Crippen LogP contribution is -2.41. The van der Waals surface area contributed by atoms with Crippen LogP contribution in [0.4, 0.5) is 0 Å². The quantitative estimate of drug-likeness (QED) is 0.698. The molecule has 1 aliphatic rings. The minimum absolute atomic E-state index is 0.369. The number of hydrogen-bond acceptors (Lipinski definition) is 3. The highest BCUT2D eigenvalue weighted by atomic mass is 16.4. The van der Waals surface area contributed by atoms with E-state index in [-0.39, 0.29) is 6.10 Å². The molecule has 0 radical (unpaired) electrons. The van der Waals surface area contributed by atoms with Crippen LogP contribution in [0.2, 0.25) is 0 Å². The van der Waals surface area contributed by atoms with Crippen molar-refractivity contribution in [3.8, 4) is 0 Å². The fourth-order valence-corrected chi connectivity index (χ4v) is 2.49. The van der Waals surface area contributed by atoms with Crippen LogP contribution in [0.25, 0.3) is 0 Å². The Morgan fingerprint density at radius 3 is 2.62 bits per heavy atom. The summed E-state index contributed by atoms with van der Waals surface area (Å²) in [5.74, 6) is -0.838. The SMILES string of the molecule is Cc1[nH]cnc1C1(C(=O)O)CCC(O)CC1. The van der Waals surface area contributed by atoms with Gasteiger partial charge in [0.2, 0.25) is 0 Å². The predicted molar refractivity (Wildman–Crippen MR) is 57.1 cm³/mol. The first-order valence-electron chi connectivity index (χ1n) is 5.48. The van der Waals surface area contributed by atoms with Gasteiger partial charge in [0, 0.05) is 5.69 Å². The number of imidazole rings is 1. The molecule has 1 fully saturated rings. The molecule has 1 aromatic heterocycles. The number of aliphatic carboxylic acids is 1. The molecular formula is C11H16N2O3. The second-order valence-corrected chi connectivity index (χ2v) is 4.49. The number of aromatic amines is 1. The highest BCUT2D eigenvalue weighted by Crippen LogP contribution is 2.39. The summed E-state index contributed by atoms with van der Waals surface area (Å²) in [6, 6.07) is 0. The van der Waals surface area contributed by atoms with E-state index in [1.807, 2.05) is 6.92 Å². The first kappa shape index (κ1) is 11.1. The van der Waals surface area contributed by atoms with E-state index < -0.39 is 11.4 Å². The van der Waals surface area contributed by atoms with Gasteiger partial charge in [0.25, 0.3) is 0 Å². The predicted octanol–water partition coefficient (Wildman–Crippen LogP) is 0.975. The summed E-state index contributed by atoms with van der Waals surface area (Å²) >= 11 is 0. The van der Waals surface area contributed by atoms with E-state index in [2.05, 4.69) is 9.97 Å². The summed E-state index contributed by atoms with van der Waals surface area (Å²) in [4.78, 5) is 18.6. The highest BCUT2D eigenvalue weighted by Gasteiger charge is 2.45. The third kappa shape index (κ3) is 1.61. The van der Waals surface area contributed by atoms with Gasteiger partial charge in [0.05, 0.1) is 18.1 Å². The smallest absolute Gasteiger partial charge is 0.315 e. The second kappa shape index (κ2) is 3.90. The Morgan fingerprint density at radius 1 is 1.56 bits per heavy atom. The van der Waals surface area contributed by atoms with Gasteiger partial charge in [-0.2, -0.15) is 0 Å². The van der Waals surface area contributed by atoms with E-state index in [1.165, 1.54) is 6.33 Å². The van der Waals surface area contributed by atoms with E-state index in [4.69, 9.17) is 0 Å². The van der Waals surface area contributed by atoms with Gasteiger partial charge >= 0.3 is 5.97 Å². The van der Waals surface area contributed by atoms with Crippen molar-refractivity contribution in [3.05, 3.63) is 17.7 Å². The summed E-state index contributed by atoms with van der Waals surface area (Å²) in [6.45, 7) is 1.83. The Labute approximate surface area is 93.5 Å². The minimum Gasteiger partial charge on any atom is -0.481 e. The zero-order chi connectivity index (χ0) is 11.8. The van der Waals surface area contributed by atoms with Crippen molar-refractivity contribution in [1.29, 1.82) is 0 Å². The number of aromatic nitrogens is 2. The van der Waals surface area contributed by atoms with E-state index >= 15 is 0 Å². The molecule has 5 nitrogen and oxygen atoms in total. The number of aliphatic hydroxyl groups excluding tert-OH is 1. The summed E-state index contributed by atoms with van der Waals surface area (Å²) in [5.41, 5.74) is 0.509. The standard InChI is InChI=1S/C11H16N2O3/c1-7-9(13-6-12-7)11(10(15)16)4-2-8(14)3-5-11/h6,8,14H,2-5H2,1H3,(H,12,13)(H,15,16). The Balaban J connectivity index is 2.37. The topological polar surface area (TPSA) is 86.2 Å². The largest absolute Gasteiger partial charge is 0.481 e. The maximum Gasteiger partial charge on any atom is 0.315 e. The molecule has 0 aliphatic heterocycles. The summed E-state index contributed by atoms with van der Waals surface area (Å²) in [7, 11) is 0. The highest BCUT2D eigenvalue weighted by molar-refractivity contribution is 5.81. The molecule has 0 unspecified atom stereocenters. The van der Waals surface area contributed by atoms with Gasteiger partial charge in [-0.1, -0.05) is 0 Å². The number of aliphatic hydroxyl groups is 1. The maximum atomic E-state index is 11.5. The average molecular weight is 224 g/mol. The van der Waals surface area contributed by atoms with Crippen LogP contribution in [0.3, 0.4) is 0 Å². The molecule has 1 aliphatic carbocycles. The van der Waals surface area contributed by atoms with Gasteiger partial charge in [-0.3, -0.25) is 4.79 Å². The number of carbonyl (C=O) groups is 1. The molecule has 3 N–H and O–H groups in total. The maximum absolute atomic E-state index is 11.5. The van der Waals surface area contributed by atoms with Crippen molar-refractivity contribution in [2.45, 2.75) is 44.1 Å². The van der Waals surface area contributed by atoms with Crippen LogP contribution in [0.5, 0.6) is 0 Å². The molecule has 88 valence electrons. The van der Waals surface area contributed by atoms with Gasteiger partial charge in [-0.15, -0.1) is 0 Å². The van der Waals surface area contributed by atoms with Crippen molar-refractivity contribution in [2.75, 3.05) is 0 Å². The molecule has 1 saturated carbocycles. The van der Waals surface area contributed by atoms with Crippen molar-refractivity contribution in [3.63, 3.8) is 0 Å². The van der Waals surface area contributed by atoms with Gasteiger partial charge in [-0.25, -0.2) is 4.98 Å². The van der Waals surface area contributed by atoms with Crippen LogP contribution >= 0.6 is 0 Å². The Hall–Kier alpha value is -1.36. The fourth-order valence-electron chi connectivity index (χ4n) is 2.49. The number of nitrogens with zero attached hydrogens (tertiary/aromatic N) is 1. The van der Waals surface area contributed by atoms with Crippen LogP contribution in [-0.2, 0) is 10.2 Å². The van der Waals surface area contributed by atoms with E-state index in [9.17, 15) is 15.0 Å². The van der Waals surface area contributed by atoms with Gasteiger partial charge in [0.15, 0.2) is 0 Å². The van der Waals surface area contributed by atoms with Crippen molar-refractivity contribution >= 4 is 5.97 Å². The molecule has 5 heteroatoms. The van der Waals surface area contributed by atoms with Crippen LogP contribution in [0, 0.1) is 6.92 Å². The van der Waals surface area contributed by atoms with E-state index in [0.717, 1.165) is 5.69 Å².